The molecule has 1 rings (SSSR count). The van der Waals surface area contributed by atoms with Crippen molar-refractivity contribution in [2.45, 2.75) is 25.8 Å². The van der Waals surface area contributed by atoms with Gasteiger partial charge >= 0.3 is 5.97 Å². The third kappa shape index (κ3) is 4.71. The van der Waals surface area contributed by atoms with Gasteiger partial charge in [-0.15, -0.1) is 6.58 Å². The Kier molecular flexibility index (Phi) is 5.19. The minimum atomic E-state index is -0.692. The molecule has 0 aromatic rings. The third-order valence-electron chi connectivity index (χ3n) is 2.59. The maximum Gasteiger partial charge on any atom is 0.304 e. The summed E-state index contributed by atoms with van der Waals surface area (Å²) in [4.78, 5) is 13.0. The van der Waals surface area contributed by atoms with Gasteiger partial charge in [0.05, 0.1) is 6.42 Å². The first-order chi connectivity index (χ1) is 7.09. The van der Waals surface area contributed by atoms with Gasteiger partial charge in [-0.3, -0.25) is 9.69 Å². The molecule has 0 bridgehead atoms. The lowest BCUT2D eigenvalue weighted by Gasteiger charge is -2.34. The van der Waals surface area contributed by atoms with Gasteiger partial charge in [0.15, 0.2) is 0 Å². The number of carboxylic acids is 1. The Morgan fingerprint density at radius 2 is 2.40 bits per heavy atom. The van der Waals surface area contributed by atoms with E-state index in [0.29, 0.717) is 0 Å². The number of hydrogen-bond acceptors (Lipinski definition) is 3. The molecule has 0 saturated carbocycles. The third-order valence-corrected chi connectivity index (χ3v) is 3.68. The van der Waals surface area contributed by atoms with Gasteiger partial charge in [-0.2, -0.15) is 11.8 Å². The molecule has 1 atom stereocenters. The Morgan fingerprint density at radius 3 is 3.00 bits per heavy atom. The van der Waals surface area contributed by atoms with Gasteiger partial charge in [0.1, 0.15) is 0 Å². The molecule has 15 heavy (non-hydrogen) atoms. The maximum absolute atomic E-state index is 10.7. The van der Waals surface area contributed by atoms with Gasteiger partial charge in [-0.05, 0) is 13.3 Å². The van der Waals surface area contributed by atoms with E-state index in [1.54, 1.807) is 0 Å². The number of rotatable bonds is 5. The van der Waals surface area contributed by atoms with Gasteiger partial charge in [0, 0.05) is 30.6 Å². The fraction of sp³-hybridized carbons (Fsp3) is 0.727. The van der Waals surface area contributed by atoms with Crippen LogP contribution in [0.3, 0.4) is 0 Å². The highest BCUT2D eigenvalue weighted by molar-refractivity contribution is 7.99. The van der Waals surface area contributed by atoms with E-state index >= 15 is 0 Å². The SMILES string of the molecule is C=C(C)CCN1CCSCC1CC(=O)O. The maximum atomic E-state index is 10.7. The molecule has 1 fully saturated rings. The minimum Gasteiger partial charge on any atom is -0.481 e. The van der Waals surface area contributed by atoms with E-state index in [1.165, 1.54) is 5.57 Å². The van der Waals surface area contributed by atoms with E-state index in [1.807, 2.05) is 18.7 Å². The average Bonchev–Trinajstić information content (AvgIpc) is 2.15. The van der Waals surface area contributed by atoms with E-state index in [9.17, 15) is 4.79 Å². The highest BCUT2D eigenvalue weighted by Crippen LogP contribution is 2.19. The van der Waals surface area contributed by atoms with Gasteiger partial charge in [0.2, 0.25) is 0 Å². The number of carbonyl (C=O) groups is 1. The van der Waals surface area contributed by atoms with Crippen LogP contribution in [0.1, 0.15) is 19.8 Å². The Morgan fingerprint density at radius 1 is 1.67 bits per heavy atom. The lowest BCUT2D eigenvalue weighted by molar-refractivity contribution is -0.138. The second-order valence-electron chi connectivity index (χ2n) is 4.07. The lowest BCUT2D eigenvalue weighted by Crippen LogP contribution is -2.44. The van der Waals surface area contributed by atoms with Crippen LogP contribution in [-0.4, -0.2) is 46.6 Å². The predicted molar refractivity (Wildman–Crippen MR) is 64.4 cm³/mol. The van der Waals surface area contributed by atoms with Crippen LogP contribution >= 0.6 is 11.8 Å². The molecule has 1 aliphatic heterocycles. The van der Waals surface area contributed by atoms with Crippen molar-refractivity contribution in [3.8, 4) is 0 Å². The average molecular weight is 229 g/mol. The van der Waals surface area contributed by atoms with Crippen molar-refractivity contribution in [1.82, 2.24) is 4.90 Å². The van der Waals surface area contributed by atoms with Crippen LogP contribution in [0.4, 0.5) is 0 Å². The van der Waals surface area contributed by atoms with Crippen molar-refractivity contribution in [3.63, 3.8) is 0 Å². The van der Waals surface area contributed by atoms with Crippen molar-refractivity contribution in [1.29, 1.82) is 0 Å². The van der Waals surface area contributed by atoms with Crippen molar-refractivity contribution in [2.75, 3.05) is 24.6 Å². The monoisotopic (exact) mass is 229 g/mol. The number of hydrogen-bond donors (Lipinski definition) is 1. The molecule has 0 aromatic heterocycles. The Hall–Kier alpha value is -0.480. The van der Waals surface area contributed by atoms with Crippen LogP contribution < -0.4 is 0 Å². The molecule has 86 valence electrons. The number of carboxylic acid groups (broad SMARTS) is 1. The summed E-state index contributed by atoms with van der Waals surface area (Å²) in [5, 5.41) is 8.81. The van der Waals surface area contributed by atoms with Crippen LogP contribution in [0.15, 0.2) is 12.2 Å². The van der Waals surface area contributed by atoms with E-state index in [0.717, 1.165) is 31.0 Å². The summed E-state index contributed by atoms with van der Waals surface area (Å²) in [6.45, 7) is 7.86. The van der Waals surface area contributed by atoms with Gasteiger partial charge in [-0.25, -0.2) is 0 Å². The van der Waals surface area contributed by atoms with E-state index in [-0.39, 0.29) is 12.5 Å². The largest absolute Gasteiger partial charge is 0.481 e. The summed E-state index contributed by atoms with van der Waals surface area (Å²) in [6.07, 6.45) is 1.24. The van der Waals surface area contributed by atoms with Gasteiger partial charge in [-0.1, -0.05) is 5.57 Å². The molecule has 3 nitrogen and oxygen atoms in total. The second kappa shape index (κ2) is 6.18. The topological polar surface area (TPSA) is 40.5 Å². The second-order valence-corrected chi connectivity index (χ2v) is 5.22. The first-order valence-corrected chi connectivity index (χ1v) is 6.43. The molecule has 1 aliphatic rings. The Bertz CT molecular complexity index is 243. The van der Waals surface area contributed by atoms with Crippen molar-refractivity contribution < 1.29 is 9.90 Å². The van der Waals surface area contributed by atoms with Crippen LogP contribution in [0, 0.1) is 0 Å². The van der Waals surface area contributed by atoms with Crippen LogP contribution in [0.5, 0.6) is 0 Å². The Balaban J connectivity index is 2.42. The van der Waals surface area contributed by atoms with Gasteiger partial charge in [0.25, 0.3) is 0 Å². The van der Waals surface area contributed by atoms with Crippen LogP contribution in [-0.2, 0) is 4.79 Å². The molecule has 0 aromatic carbocycles. The summed E-state index contributed by atoms with van der Waals surface area (Å²) in [7, 11) is 0. The molecule has 1 heterocycles. The first-order valence-electron chi connectivity index (χ1n) is 5.27. The highest BCUT2D eigenvalue weighted by Gasteiger charge is 2.24. The number of thioether (sulfide) groups is 1. The molecule has 0 aliphatic carbocycles. The lowest BCUT2D eigenvalue weighted by atomic mass is 10.1. The fourth-order valence-electron chi connectivity index (χ4n) is 1.71. The van der Waals surface area contributed by atoms with E-state index in [4.69, 9.17) is 5.11 Å². The summed E-state index contributed by atoms with van der Waals surface area (Å²) in [5.41, 5.74) is 1.17. The molecular formula is C11H19NO2S. The van der Waals surface area contributed by atoms with Crippen molar-refractivity contribution in [3.05, 3.63) is 12.2 Å². The van der Waals surface area contributed by atoms with Crippen molar-refractivity contribution >= 4 is 17.7 Å². The smallest absolute Gasteiger partial charge is 0.304 e. The Labute approximate surface area is 95.5 Å². The molecule has 1 unspecified atom stereocenters. The molecule has 0 spiro atoms. The van der Waals surface area contributed by atoms with E-state index < -0.39 is 5.97 Å². The first kappa shape index (κ1) is 12.6. The zero-order chi connectivity index (χ0) is 11.3. The zero-order valence-corrected chi connectivity index (χ0v) is 10.1. The molecular weight excluding hydrogens is 210 g/mol. The predicted octanol–water partition coefficient (Wildman–Crippen LogP) is 1.84. The standard InChI is InChI=1S/C11H19NO2S/c1-9(2)3-4-12-5-6-15-8-10(12)7-11(13)14/h10H,1,3-8H2,2H3,(H,13,14). The molecule has 0 radical (unpaired) electrons. The zero-order valence-electron chi connectivity index (χ0n) is 9.24. The number of aliphatic carboxylic acids is 1. The normalized spacial score (nSPS) is 22.6. The quantitative estimate of drug-likeness (QED) is 0.730. The fourth-order valence-corrected chi connectivity index (χ4v) is 2.84. The van der Waals surface area contributed by atoms with Crippen molar-refractivity contribution in [2.24, 2.45) is 0 Å². The minimum absolute atomic E-state index is 0.209. The number of nitrogens with zero attached hydrogens (tertiary/aromatic N) is 1. The summed E-state index contributed by atoms with van der Waals surface area (Å²) >= 11 is 1.86. The molecule has 1 N–H and O–H groups in total. The summed E-state index contributed by atoms with van der Waals surface area (Å²) in [5.74, 6) is 1.37. The summed E-state index contributed by atoms with van der Waals surface area (Å²) in [6, 6.07) is 0.209. The summed E-state index contributed by atoms with van der Waals surface area (Å²) < 4.78 is 0. The van der Waals surface area contributed by atoms with E-state index in [2.05, 4.69) is 11.5 Å². The van der Waals surface area contributed by atoms with Crippen LogP contribution in [0.25, 0.3) is 0 Å². The highest BCUT2D eigenvalue weighted by atomic mass is 32.2. The molecule has 4 heteroatoms. The molecule has 0 amide bonds. The van der Waals surface area contributed by atoms with Gasteiger partial charge < -0.3 is 5.11 Å². The molecule has 1 saturated heterocycles. The van der Waals surface area contributed by atoms with Crippen LogP contribution in [0.2, 0.25) is 0 Å².